The molecule has 20 heteroatoms. The summed E-state index contributed by atoms with van der Waals surface area (Å²) in [6, 6.07) is 15.5. The molecule has 536 valence electrons. The number of benzene rings is 4. The highest BCUT2D eigenvalue weighted by molar-refractivity contribution is 5.99. The van der Waals surface area contributed by atoms with Crippen molar-refractivity contribution in [2.45, 2.75) is 177 Å². The van der Waals surface area contributed by atoms with Crippen molar-refractivity contribution in [3.63, 3.8) is 0 Å². The number of carbonyl (C=O) groups excluding carboxylic acids is 10. The van der Waals surface area contributed by atoms with Crippen LogP contribution in [0.25, 0.3) is 0 Å². The van der Waals surface area contributed by atoms with E-state index in [2.05, 4.69) is 29.6 Å². The SMILES string of the molecule is C=C(C)C(=O)OCCOc1c(CC)cc(C(=O)CCCCC)cc1Cc1cc(C(=O)CCCCC)cc(Cc2cc(C(=O)CCCCC)cc(Cc3cc(C(=O)CCCCC)ccc3OCCOC(=O)/C=C\C(=O)OC)c2OCCOC(=O)C(=C)C)c1OCCOC(=O)/C=C\C(=O)OC. The van der Waals surface area contributed by atoms with Crippen LogP contribution in [0.4, 0.5) is 0 Å². The van der Waals surface area contributed by atoms with Gasteiger partial charge < -0.3 is 47.4 Å². The van der Waals surface area contributed by atoms with E-state index >= 15 is 0 Å². The molecule has 4 aromatic carbocycles. The summed E-state index contributed by atoms with van der Waals surface area (Å²) in [5.41, 5.74) is 5.28. The predicted molar refractivity (Wildman–Crippen MR) is 375 cm³/mol. The molecule has 0 aliphatic heterocycles. The highest BCUT2D eigenvalue weighted by Gasteiger charge is 2.26. The Kier molecular flexibility index (Phi) is 37.4. The second kappa shape index (κ2) is 45.2. The molecule has 0 heterocycles. The van der Waals surface area contributed by atoms with Gasteiger partial charge in [0.2, 0.25) is 0 Å². The largest absolute Gasteiger partial charge is 0.490 e. The van der Waals surface area contributed by atoms with Gasteiger partial charge in [-0.25, -0.2) is 28.8 Å². The molecule has 99 heavy (non-hydrogen) atoms. The van der Waals surface area contributed by atoms with Gasteiger partial charge in [0, 0.05) is 103 Å². The number of ether oxygens (including phenoxy) is 10. The lowest BCUT2D eigenvalue weighted by Gasteiger charge is -2.23. The Morgan fingerprint density at radius 3 is 0.970 bits per heavy atom. The molecule has 0 unspecified atom stereocenters. The van der Waals surface area contributed by atoms with Crippen LogP contribution in [-0.4, -0.2) is 126 Å². The van der Waals surface area contributed by atoms with Crippen LogP contribution >= 0.6 is 0 Å². The average molecular weight is 1370 g/mol. The molecule has 0 N–H and O–H groups in total. The number of carbonyl (C=O) groups is 10. The molecule has 0 radical (unpaired) electrons. The average Bonchev–Trinajstić information content (AvgIpc) is 0.784. The zero-order chi connectivity index (χ0) is 72.7. The van der Waals surface area contributed by atoms with Crippen LogP contribution in [0.3, 0.4) is 0 Å². The third kappa shape index (κ3) is 28.9. The number of Topliss-reactive ketones (excluding diaryl/α,β-unsaturated/α-hetero) is 4. The van der Waals surface area contributed by atoms with E-state index in [-0.39, 0.29) is 144 Å². The second-order valence-corrected chi connectivity index (χ2v) is 23.9. The minimum Gasteiger partial charge on any atom is -0.490 e. The highest BCUT2D eigenvalue weighted by Crippen LogP contribution is 2.40. The van der Waals surface area contributed by atoms with Crippen molar-refractivity contribution in [1.82, 2.24) is 0 Å². The van der Waals surface area contributed by atoms with Crippen LogP contribution in [0.1, 0.15) is 232 Å². The number of ketones is 4. The van der Waals surface area contributed by atoms with Crippen LogP contribution < -0.4 is 18.9 Å². The fourth-order valence-corrected chi connectivity index (χ4v) is 10.5. The lowest BCUT2D eigenvalue weighted by Crippen LogP contribution is -2.16. The van der Waals surface area contributed by atoms with Crippen LogP contribution in [0, 0.1) is 0 Å². The summed E-state index contributed by atoms with van der Waals surface area (Å²) in [6.07, 6.45) is 14.1. The van der Waals surface area contributed by atoms with Gasteiger partial charge in [-0.15, -0.1) is 0 Å². The zero-order valence-electron chi connectivity index (χ0n) is 59.4. The number of unbranched alkanes of at least 4 members (excludes halogenated alkanes) is 8. The predicted octanol–water partition coefficient (Wildman–Crippen LogP) is 14.4. The van der Waals surface area contributed by atoms with E-state index in [9.17, 15) is 47.9 Å². The Hall–Kier alpha value is -9.46. The monoisotopic (exact) mass is 1370 g/mol. The van der Waals surface area contributed by atoms with E-state index in [1.807, 2.05) is 33.8 Å². The molecule has 0 aromatic heterocycles. The molecular formula is C79H100O20. The third-order valence-electron chi connectivity index (χ3n) is 15.7. The Morgan fingerprint density at radius 1 is 0.343 bits per heavy atom. The normalized spacial score (nSPS) is 11.0. The quantitative estimate of drug-likeness (QED) is 0.0131. The van der Waals surface area contributed by atoms with Gasteiger partial charge in [0.15, 0.2) is 23.1 Å². The van der Waals surface area contributed by atoms with Crippen molar-refractivity contribution in [3.8, 4) is 23.0 Å². The maximum atomic E-state index is 14.8. The van der Waals surface area contributed by atoms with Crippen molar-refractivity contribution in [2.24, 2.45) is 0 Å². The van der Waals surface area contributed by atoms with Crippen molar-refractivity contribution < 1.29 is 95.3 Å². The molecule has 0 spiro atoms. The molecule has 0 aliphatic carbocycles. The van der Waals surface area contributed by atoms with Crippen LogP contribution in [0.5, 0.6) is 23.0 Å². The summed E-state index contributed by atoms with van der Waals surface area (Å²) >= 11 is 0. The first-order valence-corrected chi connectivity index (χ1v) is 34.4. The summed E-state index contributed by atoms with van der Waals surface area (Å²) in [5.74, 6) is -3.85. The van der Waals surface area contributed by atoms with E-state index in [1.165, 1.54) is 28.1 Å². The van der Waals surface area contributed by atoms with E-state index in [0.29, 0.717) is 105 Å². The summed E-state index contributed by atoms with van der Waals surface area (Å²) in [4.78, 5) is 132. The first kappa shape index (κ1) is 82.0. The molecule has 0 atom stereocenters. The lowest BCUT2D eigenvalue weighted by molar-refractivity contribution is -0.140. The number of aryl methyl sites for hydroxylation is 1. The van der Waals surface area contributed by atoms with Crippen molar-refractivity contribution in [3.05, 3.63) is 164 Å². The molecule has 4 aromatic rings. The number of hydrogen-bond donors (Lipinski definition) is 0. The van der Waals surface area contributed by atoms with Crippen molar-refractivity contribution in [1.29, 1.82) is 0 Å². The number of rotatable bonds is 49. The molecule has 20 nitrogen and oxygen atoms in total. The smallest absolute Gasteiger partial charge is 0.333 e. The number of hydrogen-bond acceptors (Lipinski definition) is 20. The molecule has 0 saturated carbocycles. The number of methoxy groups -OCH3 is 2. The lowest BCUT2D eigenvalue weighted by atomic mass is 9.88. The summed E-state index contributed by atoms with van der Waals surface area (Å²) < 4.78 is 57.5. The van der Waals surface area contributed by atoms with Crippen LogP contribution in [0.15, 0.2) is 103 Å². The van der Waals surface area contributed by atoms with Gasteiger partial charge in [-0.3, -0.25) is 19.2 Å². The van der Waals surface area contributed by atoms with Crippen LogP contribution in [0.2, 0.25) is 0 Å². The Morgan fingerprint density at radius 2 is 0.636 bits per heavy atom. The van der Waals surface area contributed by atoms with Gasteiger partial charge in [-0.1, -0.05) is 99.1 Å². The summed E-state index contributed by atoms with van der Waals surface area (Å²) in [6.45, 7) is 18.9. The van der Waals surface area contributed by atoms with Gasteiger partial charge in [0.25, 0.3) is 0 Å². The maximum Gasteiger partial charge on any atom is 0.333 e. The molecule has 0 saturated heterocycles. The third-order valence-corrected chi connectivity index (χ3v) is 15.7. The molecular weight excluding hydrogens is 1270 g/mol. The molecule has 4 rings (SSSR count). The van der Waals surface area contributed by atoms with Gasteiger partial charge in [-0.2, -0.15) is 0 Å². The van der Waals surface area contributed by atoms with Crippen molar-refractivity contribution in [2.75, 3.05) is 67.1 Å². The summed E-state index contributed by atoms with van der Waals surface area (Å²) in [7, 11) is 2.34. The topological polar surface area (TPSA) is 263 Å². The first-order chi connectivity index (χ1) is 47.6. The summed E-state index contributed by atoms with van der Waals surface area (Å²) in [5, 5.41) is 0. The molecule has 0 fully saturated rings. The van der Waals surface area contributed by atoms with E-state index < -0.39 is 35.8 Å². The van der Waals surface area contributed by atoms with Gasteiger partial charge in [0.05, 0.1) is 14.2 Å². The Bertz CT molecular complexity index is 3510. The maximum absolute atomic E-state index is 14.8. The fraction of sp³-hybridized carbons (Fsp3) is 0.468. The van der Waals surface area contributed by atoms with Gasteiger partial charge >= 0.3 is 35.8 Å². The van der Waals surface area contributed by atoms with Gasteiger partial charge in [-0.05, 0) is 139 Å². The highest BCUT2D eigenvalue weighted by atomic mass is 16.6. The van der Waals surface area contributed by atoms with E-state index in [1.54, 1.807) is 48.5 Å². The van der Waals surface area contributed by atoms with E-state index in [4.69, 9.17) is 37.9 Å². The fourth-order valence-electron chi connectivity index (χ4n) is 10.5. The molecule has 0 bridgehead atoms. The number of esters is 6. The van der Waals surface area contributed by atoms with E-state index in [0.717, 1.165) is 75.7 Å². The Balaban J connectivity index is 2.17. The minimum absolute atomic E-state index is 0.0115. The molecule has 0 aliphatic rings. The van der Waals surface area contributed by atoms with Crippen LogP contribution in [-0.2, 0) is 82.9 Å². The standard InChI is InChI=1S/C79H100O20/c1-12-17-21-25-66(80)56-29-30-70(92-35-36-93-73(86)33-31-71(84)90-10)60(44-56)50-61-46-58(68(82)27-23-19-14-3)47-64(76(61)97-40-42-99-79(89)54(8)9)52-65-49-59(69(83)28-24-20-15-4)48-63(77(65)96-38-37-94-74(87)34-32-72(85)91-11)51-62-45-57(67(81)26-22-18-13-2)43-55(16-5)75(62)95-39-41-98-78(88)53(6)7/h29-34,43-49H,6,8,12-28,35-42,50-52H2,1-5,7,9-11H3/b33-31-,34-32-. The Labute approximate surface area is 583 Å². The molecule has 0 amide bonds. The van der Waals surface area contributed by atoms with Gasteiger partial charge in [0.1, 0.15) is 75.9 Å². The van der Waals surface area contributed by atoms with Crippen molar-refractivity contribution >= 4 is 58.9 Å². The minimum atomic E-state index is -0.863. The zero-order valence-corrected chi connectivity index (χ0v) is 59.4. The second-order valence-electron chi connectivity index (χ2n) is 23.9. The first-order valence-electron chi connectivity index (χ1n) is 34.4.